The fraction of sp³-hybridized carbons (Fsp3) is 0.400. The van der Waals surface area contributed by atoms with Crippen LogP contribution in [0.25, 0.3) is 11.1 Å². The van der Waals surface area contributed by atoms with Crippen LogP contribution in [0.5, 0.6) is 5.88 Å². The van der Waals surface area contributed by atoms with Crippen LogP contribution in [0.1, 0.15) is 67.4 Å². The fourth-order valence-electron chi connectivity index (χ4n) is 5.12. The maximum absolute atomic E-state index is 13.7. The summed E-state index contributed by atoms with van der Waals surface area (Å²) in [7, 11) is 0. The standard InChI is InChI=1S/C30H28F6N2O4/c1-2-40-27-25(42-27)19-11-18(12-21(13-19)38-28(39)30(34,35)36)22-9-6-10-23(22)24-14-20(29(31,32)33)15-37-26(24)41-16-17-7-4-3-5-8-17/h3-4,7,11-15,25,27H,2,5-6,8-10,16H2,1H3,(H,38,39). The van der Waals surface area contributed by atoms with Crippen LogP contribution in [0.3, 0.4) is 0 Å². The van der Waals surface area contributed by atoms with E-state index in [1.807, 2.05) is 23.5 Å². The van der Waals surface area contributed by atoms with Gasteiger partial charge in [0, 0.05) is 24.1 Å². The molecule has 1 amide bonds. The highest BCUT2D eigenvalue weighted by Gasteiger charge is 2.43. The average molecular weight is 595 g/mol. The van der Waals surface area contributed by atoms with Crippen molar-refractivity contribution in [3.63, 3.8) is 0 Å². The van der Waals surface area contributed by atoms with Crippen molar-refractivity contribution in [3.8, 4) is 5.88 Å². The molecule has 0 bridgehead atoms. The number of amides is 1. The monoisotopic (exact) mass is 594 g/mol. The number of epoxide rings is 1. The number of hydrogen-bond donors (Lipinski definition) is 1. The molecule has 0 radical (unpaired) electrons. The molecule has 5 rings (SSSR count). The molecule has 0 spiro atoms. The number of halogens is 6. The van der Waals surface area contributed by atoms with E-state index < -0.39 is 36.2 Å². The first kappa shape index (κ1) is 29.8. The van der Waals surface area contributed by atoms with E-state index in [1.54, 1.807) is 13.0 Å². The Bertz CT molecular complexity index is 1440. The third kappa shape index (κ3) is 6.87. The van der Waals surface area contributed by atoms with Crippen molar-refractivity contribution in [2.24, 2.45) is 0 Å². The Hall–Kier alpha value is -3.64. The second-order valence-electron chi connectivity index (χ2n) is 10.1. The summed E-state index contributed by atoms with van der Waals surface area (Å²) in [5, 5.41) is 1.89. The molecule has 1 aromatic heterocycles. The Balaban J connectivity index is 1.57. The van der Waals surface area contributed by atoms with Gasteiger partial charge in [-0.3, -0.25) is 4.79 Å². The van der Waals surface area contributed by atoms with E-state index in [4.69, 9.17) is 14.2 Å². The van der Waals surface area contributed by atoms with Crippen molar-refractivity contribution in [1.82, 2.24) is 4.98 Å². The number of allylic oxidation sites excluding steroid dienone is 5. The van der Waals surface area contributed by atoms with Gasteiger partial charge in [-0.15, -0.1) is 0 Å². The minimum absolute atomic E-state index is 0.0385. The largest absolute Gasteiger partial charge is 0.473 e. The molecular formula is C30H28F6N2O4. The zero-order valence-corrected chi connectivity index (χ0v) is 22.6. The van der Waals surface area contributed by atoms with Gasteiger partial charge in [-0.05, 0) is 91.1 Å². The predicted octanol–water partition coefficient (Wildman–Crippen LogP) is 7.79. The minimum Gasteiger partial charge on any atom is -0.473 e. The number of carbonyl (C=O) groups excluding carboxylic acids is 1. The van der Waals surface area contributed by atoms with E-state index in [9.17, 15) is 31.1 Å². The third-order valence-corrected chi connectivity index (χ3v) is 7.15. The molecule has 12 heteroatoms. The number of nitrogens with zero attached hydrogens (tertiary/aromatic N) is 1. The van der Waals surface area contributed by atoms with Gasteiger partial charge in [-0.1, -0.05) is 18.2 Å². The van der Waals surface area contributed by atoms with Crippen LogP contribution in [0.4, 0.5) is 32.0 Å². The van der Waals surface area contributed by atoms with Crippen LogP contribution in [0, 0.1) is 0 Å². The maximum Gasteiger partial charge on any atom is 0.471 e. The van der Waals surface area contributed by atoms with Gasteiger partial charge >= 0.3 is 18.3 Å². The first-order valence-corrected chi connectivity index (χ1v) is 13.5. The summed E-state index contributed by atoms with van der Waals surface area (Å²) in [6.07, 6.45) is -1.39. The molecule has 1 saturated heterocycles. The van der Waals surface area contributed by atoms with Crippen molar-refractivity contribution < 1.29 is 45.3 Å². The molecule has 1 fully saturated rings. The molecule has 2 aliphatic carbocycles. The first-order chi connectivity index (χ1) is 19.9. The summed E-state index contributed by atoms with van der Waals surface area (Å²) in [5.41, 5.74) is 2.17. The second kappa shape index (κ2) is 11.9. The van der Waals surface area contributed by atoms with Gasteiger partial charge < -0.3 is 19.5 Å². The lowest BCUT2D eigenvalue weighted by Crippen LogP contribution is -2.30. The van der Waals surface area contributed by atoms with Crippen molar-refractivity contribution in [2.75, 3.05) is 18.5 Å². The molecule has 1 N–H and O–H groups in total. The van der Waals surface area contributed by atoms with E-state index >= 15 is 0 Å². The van der Waals surface area contributed by atoms with Crippen molar-refractivity contribution >= 4 is 22.7 Å². The summed E-state index contributed by atoms with van der Waals surface area (Å²) in [4.78, 5) is 15.8. The van der Waals surface area contributed by atoms with Crippen LogP contribution in [-0.2, 0) is 20.4 Å². The molecule has 2 aromatic rings. The zero-order valence-electron chi connectivity index (χ0n) is 22.6. The molecule has 224 valence electrons. The SMILES string of the molecule is CCOC1OC1c1cc(NC(=O)C(F)(F)F)cc(C2=C(c3cc(C(F)(F)F)cnc3OCC3=CC=CCC3)CCC2)c1. The fourth-order valence-corrected chi connectivity index (χ4v) is 5.12. The lowest BCUT2D eigenvalue weighted by Gasteiger charge is -2.18. The number of carbonyl (C=O) groups is 1. The van der Waals surface area contributed by atoms with Crippen molar-refractivity contribution in [1.29, 1.82) is 0 Å². The highest BCUT2D eigenvalue weighted by Crippen LogP contribution is 2.47. The summed E-state index contributed by atoms with van der Waals surface area (Å²) in [6, 6.07) is 5.46. The first-order valence-electron chi connectivity index (χ1n) is 13.5. The normalized spacial score (nSPS) is 20.5. The van der Waals surface area contributed by atoms with E-state index in [-0.39, 0.29) is 23.7 Å². The topological polar surface area (TPSA) is 73.0 Å². The minimum atomic E-state index is -5.11. The van der Waals surface area contributed by atoms with Crippen LogP contribution < -0.4 is 10.1 Å². The Morgan fingerprint density at radius 3 is 2.55 bits per heavy atom. The quantitative estimate of drug-likeness (QED) is 0.237. The smallest absolute Gasteiger partial charge is 0.471 e. The number of alkyl halides is 6. The van der Waals surface area contributed by atoms with Gasteiger partial charge in [-0.2, -0.15) is 26.3 Å². The van der Waals surface area contributed by atoms with Gasteiger partial charge in [0.25, 0.3) is 0 Å². The number of hydrogen-bond acceptors (Lipinski definition) is 5. The second-order valence-corrected chi connectivity index (χ2v) is 10.1. The van der Waals surface area contributed by atoms with Crippen LogP contribution in [0.15, 0.2) is 54.3 Å². The number of aromatic nitrogens is 1. The average Bonchev–Trinajstić information content (AvgIpc) is 3.54. The van der Waals surface area contributed by atoms with Gasteiger partial charge in [0.1, 0.15) is 12.7 Å². The van der Waals surface area contributed by atoms with Crippen molar-refractivity contribution in [3.05, 3.63) is 76.5 Å². The molecule has 0 saturated carbocycles. The van der Waals surface area contributed by atoms with Crippen molar-refractivity contribution in [2.45, 2.75) is 63.8 Å². The van der Waals surface area contributed by atoms with Gasteiger partial charge in [0.15, 0.2) is 6.29 Å². The number of anilines is 1. The van der Waals surface area contributed by atoms with E-state index in [0.29, 0.717) is 48.1 Å². The summed E-state index contributed by atoms with van der Waals surface area (Å²) >= 11 is 0. The summed E-state index contributed by atoms with van der Waals surface area (Å²) in [5.74, 6) is -2.11. The van der Waals surface area contributed by atoms with Crippen LogP contribution in [0.2, 0.25) is 0 Å². The van der Waals surface area contributed by atoms with E-state index in [2.05, 4.69) is 4.98 Å². The highest BCUT2D eigenvalue weighted by atomic mass is 19.4. The Morgan fingerprint density at radius 2 is 1.86 bits per heavy atom. The molecule has 2 atom stereocenters. The lowest BCUT2D eigenvalue weighted by atomic mass is 9.94. The van der Waals surface area contributed by atoms with Crippen LogP contribution in [-0.4, -0.2) is 36.6 Å². The maximum atomic E-state index is 13.7. The molecule has 6 nitrogen and oxygen atoms in total. The Kier molecular flexibility index (Phi) is 8.47. The molecule has 2 heterocycles. The molecule has 3 aliphatic rings. The lowest BCUT2D eigenvalue weighted by molar-refractivity contribution is -0.167. The number of benzene rings is 1. The molecule has 42 heavy (non-hydrogen) atoms. The Morgan fingerprint density at radius 1 is 1.07 bits per heavy atom. The van der Waals surface area contributed by atoms with Gasteiger partial charge in [0.2, 0.25) is 5.88 Å². The molecule has 2 unspecified atom stereocenters. The van der Waals surface area contributed by atoms with E-state index in [0.717, 1.165) is 30.7 Å². The van der Waals surface area contributed by atoms with Gasteiger partial charge in [-0.25, -0.2) is 4.98 Å². The number of nitrogens with one attached hydrogen (secondary N) is 1. The third-order valence-electron chi connectivity index (χ3n) is 7.15. The molecule has 1 aliphatic heterocycles. The predicted molar refractivity (Wildman–Crippen MR) is 142 cm³/mol. The molecule has 1 aromatic carbocycles. The highest BCUT2D eigenvalue weighted by molar-refractivity contribution is 5.98. The Labute approximate surface area is 238 Å². The number of rotatable bonds is 9. The van der Waals surface area contributed by atoms with E-state index in [1.165, 1.54) is 12.1 Å². The summed E-state index contributed by atoms with van der Waals surface area (Å²) in [6.45, 7) is 2.27. The van der Waals surface area contributed by atoms with Crippen LogP contribution >= 0.6 is 0 Å². The number of ether oxygens (including phenoxy) is 3. The van der Waals surface area contributed by atoms with Gasteiger partial charge in [0.05, 0.1) is 5.56 Å². The molecular weight excluding hydrogens is 566 g/mol. The zero-order chi connectivity index (χ0) is 30.1. The summed E-state index contributed by atoms with van der Waals surface area (Å²) < 4.78 is 97.3. The number of pyridine rings is 1.